The average Bonchev–Trinajstić information content (AvgIpc) is 2.17. The highest BCUT2D eigenvalue weighted by Gasteiger charge is 2.24. The summed E-state index contributed by atoms with van der Waals surface area (Å²) in [5, 5.41) is 8.90. The monoisotopic (exact) mass is 191 g/mol. The minimum atomic E-state index is -0.696. The van der Waals surface area contributed by atoms with Crippen LogP contribution in [0.5, 0.6) is 0 Å². The Balaban J connectivity index is 2.31. The summed E-state index contributed by atoms with van der Waals surface area (Å²) in [6.07, 6.45) is 2.12. The van der Waals surface area contributed by atoms with Gasteiger partial charge in [-0.3, -0.25) is 4.79 Å². The molecular weight excluding hydrogens is 178 g/mol. The molecule has 3 heteroatoms. The number of aliphatic carboxylic acids is 1. The third kappa shape index (κ3) is 1.45. The second-order valence-corrected chi connectivity index (χ2v) is 3.76. The van der Waals surface area contributed by atoms with E-state index in [0.29, 0.717) is 12.8 Å². The van der Waals surface area contributed by atoms with Crippen molar-refractivity contribution in [2.45, 2.75) is 19.3 Å². The molecule has 0 fully saturated rings. The number of carboxylic acid groups (broad SMARTS) is 1. The fourth-order valence-electron chi connectivity index (χ4n) is 2.05. The van der Waals surface area contributed by atoms with Crippen LogP contribution in [0.25, 0.3) is 0 Å². The SMILES string of the molecule is Nc1cccc2c1CCC(C(=O)O)C2. The van der Waals surface area contributed by atoms with Gasteiger partial charge >= 0.3 is 5.97 Å². The minimum absolute atomic E-state index is 0.232. The number of carboxylic acids is 1. The molecular formula is C11H13NO2. The van der Waals surface area contributed by atoms with Gasteiger partial charge in [-0.15, -0.1) is 0 Å². The van der Waals surface area contributed by atoms with E-state index >= 15 is 0 Å². The zero-order valence-electron chi connectivity index (χ0n) is 7.86. The second-order valence-electron chi connectivity index (χ2n) is 3.76. The first kappa shape index (κ1) is 9.06. The Hall–Kier alpha value is -1.51. The van der Waals surface area contributed by atoms with Crippen LogP contribution in [0.4, 0.5) is 5.69 Å². The molecule has 74 valence electrons. The van der Waals surface area contributed by atoms with Crippen molar-refractivity contribution in [1.82, 2.24) is 0 Å². The number of benzene rings is 1. The first-order valence-electron chi connectivity index (χ1n) is 4.77. The molecule has 14 heavy (non-hydrogen) atoms. The molecule has 0 saturated heterocycles. The molecule has 0 amide bonds. The summed E-state index contributed by atoms with van der Waals surface area (Å²) < 4.78 is 0. The quantitative estimate of drug-likeness (QED) is 0.660. The Morgan fingerprint density at radius 1 is 1.50 bits per heavy atom. The van der Waals surface area contributed by atoms with Gasteiger partial charge in [0.2, 0.25) is 0 Å². The number of anilines is 1. The lowest BCUT2D eigenvalue weighted by Gasteiger charge is -2.22. The lowest BCUT2D eigenvalue weighted by atomic mass is 9.83. The lowest BCUT2D eigenvalue weighted by Crippen LogP contribution is -2.22. The van der Waals surface area contributed by atoms with Crippen LogP contribution < -0.4 is 5.73 Å². The summed E-state index contributed by atoms with van der Waals surface area (Å²) in [6, 6.07) is 5.74. The number of carbonyl (C=O) groups is 1. The predicted molar refractivity (Wildman–Crippen MR) is 54.0 cm³/mol. The molecule has 0 radical (unpaired) electrons. The Labute approximate surface area is 82.5 Å². The molecule has 3 nitrogen and oxygen atoms in total. The van der Waals surface area contributed by atoms with Gasteiger partial charge < -0.3 is 10.8 Å². The van der Waals surface area contributed by atoms with Gasteiger partial charge in [-0.25, -0.2) is 0 Å². The van der Waals surface area contributed by atoms with E-state index in [1.807, 2.05) is 18.2 Å². The number of nitrogens with two attached hydrogens (primary N) is 1. The number of hydrogen-bond acceptors (Lipinski definition) is 2. The molecule has 1 aromatic carbocycles. The molecule has 3 N–H and O–H groups in total. The largest absolute Gasteiger partial charge is 0.481 e. The maximum Gasteiger partial charge on any atom is 0.306 e. The molecule has 1 aromatic rings. The van der Waals surface area contributed by atoms with Crippen LogP contribution in [0, 0.1) is 5.92 Å². The van der Waals surface area contributed by atoms with Crippen LogP contribution >= 0.6 is 0 Å². The standard InChI is InChI=1S/C11H13NO2/c12-10-3-1-2-7-6-8(11(13)14)4-5-9(7)10/h1-3,8H,4-6,12H2,(H,13,14). The lowest BCUT2D eigenvalue weighted by molar-refractivity contribution is -0.142. The van der Waals surface area contributed by atoms with Crippen molar-refractivity contribution in [2.24, 2.45) is 5.92 Å². The van der Waals surface area contributed by atoms with E-state index in [-0.39, 0.29) is 5.92 Å². The van der Waals surface area contributed by atoms with Crippen LogP contribution in [-0.4, -0.2) is 11.1 Å². The van der Waals surface area contributed by atoms with E-state index < -0.39 is 5.97 Å². The average molecular weight is 191 g/mol. The predicted octanol–water partition coefficient (Wildman–Crippen LogP) is 1.46. The van der Waals surface area contributed by atoms with Crippen LogP contribution in [0.15, 0.2) is 18.2 Å². The summed E-state index contributed by atoms with van der Waals surface area (Å²) in [4.78, 5) is 10.8. The summed E-state index contributed by atoms with van der Waals surface area (Å²) in [5.41, 5.74) is 8.86. The smallest absolute Gasteiger partial charge is 0.306 e. The van der Waals surface area contributed by atoms with E-state index in [2.05, 4.69) is 0 Å². The molecule has 2 rings (SSSR count). The van der Waals surface area contributed by atoms with Gasteiger partial charge in [-0.05, 0) is 36.5 Å². The number of fused-ring (bicyclic) bond motifs is 1. The van der Waals surface area contributed by atoms with E-state index in [4.69, 9.17) is 10.8 Å². The van der Waals surface area contributed by atoms with Crippen LogP contribution in [-0.2, 0) is 17.6 Å². The van der Waals surface area contributed by atoms with Crippen LogP contribution in [0.3, 0.4) is 0 Å². The molecule has 1 aliphatic carbocycles. The fraction of sp³-hybridized carbons (Fsp3) is 0.364. The fourth-order valence-corrected chi connectivity index (χ4v) is 2.05. The first-order chi connectivity index (χ1) is 6.68. The number of nitrogen functional groups attached to an aromatic ring is 1. The normalized spacial score (nSPS) is 20.1. The molecule has 0 aliphatic heterocycles. The molecule has 1 unspecified atom stereocenters. The topological polar surface area (TPSA) is 63.3 Å². The third-order valence-corrected chi connectivity index (χ3v) is 2.87. The van der Waals surface area contributed by atoms with E-state index in [0.717, 1.165) is 23.2 Å². The molecule has 0 aromatic heterocycles. The van der Waals surface area contributed by atoms with Gasteiger partial charge in [0.15, 0.2) is 0 Å². The van der Waals surface area contributed by atoms with E-state index in [1.165, 1.54) is 0 Å². The van der Waals surface area contributed by atoms with Crippen LogP contribution in [0.1, 0.15) is 17.5 Å². The van der Waals surface area contributed by atoms with Gasteiger partial charge in [0.05, 0.1) is 5.92 Å². The van der Waals surface area contributed by atoms with E-state index in [1.54, 1.807) is 0 Å². The highest BCUT2D eigenvalue weighted by atomic mass is 16.4. The van der Waals surface area contributed by atoms with E-state index in [9.17, 15) is 4.79 Å². The Morgan fingerprint density at radius 2 is 2.29 bits per heavy atom. The number of hydrogen-bond donors (Lipinski definition) is 2. The summed E-state index contributed by atoms with van der Waals surface area (Å²) in [6.45, 7) is 0. The summed E-state index contributed by atoms with van der Waals surface area (Å²) >= 11 is 0. The zero-order valence-corrected chi connectivity index (χ0v) is 7.86. The van der Waals surface area contributed by atoms with Crippen molar-refractivity contribution < 1.29 is 9.90 Å². The Bertz CT molecular complexity index is 374. The summed E-state index contributed by atoms with van der Waals surface area (Å²) in [5.74, 6) is -0.928. The van der Waals surface area contributed by atoms with Crippen molar-refractivity contribution in [2.75, 3.05) is 5.73 Å². The first-order valence-corrected chi connectivity index (χ1v) is 4.77. The Morgan fingerprint density at radius 3 is 3.00 bits per heavy atom. The van der Waals surface area contributed by atoms with Crippen molar-refractivity contribution in [3.8, 4) is 0 Å². The minimum Gasteiger partial charge on any atom is -0.481 e. The van der Waals surface area contributed by atoms with Crippen LogP contribution in [0.2, 0.25) is 0 Å². The summed E-state index contributed by atoms with van der Waals surface area (Å²) in [7, 11) is 0. The zero-order chi connectivity index (χ0) is 10.1. The third-order valence-electron chi connectivity index (χ3n) is 2.87. The molecule has 1 aliphatic rings. The maximum atomic E-state index is 10.8. The Kier molecular flexibility index (Phi) is 2.15. The number of rotatable bonds is 1. The van der Waals surface area contributed by atoms with Gasteiger partial charge in [-0.2, -0.15) is 0 Å². The van der Waals surface area contributed by atoms with Gasteiger partial charge in [-0.1, -0.05) is 12.1 Å². The molecule has 0 bridgehead atoms. The molecule has 0 heterocycles. The van der Waals surface area contributed by atoms with Gasteiger partial charge in [0, 0.05) is 5.69 Å². The maximum absolute atomic E-state index is 10.8. The van der Waals surface area contributed by atoms with Crippen molar-refractivity contribution in [1.29, 1.82) is 0 Å². The van der Waals surface area contributed by atoms with Crippen molar-refractivity contribution >= 4 is 11.7 Å². The highest BCUT2D eigenvalue weighted by molar-refractivity contribution is 5.71. The molecule has 0 spiro atoms. The molecule has 0 saturated carbocycles. The molecule has 1 atom stereocenters. The van der Waals surface area contributed by atoms with Crippen molar-refractivity contribution in [3.05, 3.63) is 29.3 Å². The van der Waals surface area contributed by atoms with Gasteiger partial charge in [0.1, 0.15) is 0 Å². The van der Waals surface area contributed by atoms with Gasteiger partial charge in [0.25, 0.3) is 0 Å². The van der Waals surface area contributed by atoms with Crippen molar-refractivity contribution in [3.63, 3.8) is 0 Å². The second kappa shape index (κ2) is 3.33. The highest BCUT2D eigenvalue weighted by Crippen LogP contribution is 2.29.